The number of anilines is 3. The highest BCUT2D eigenvalue weighted by atomic mass is 15.1. The average molecular weight is 572 g/mol. The fourth-order valence-corrected chi connectivity index (χ4v) is 8.02. The van der Waals surface area contributed by atoms with Crippen LogP contribution in [0.15, 0.2) is 152 Å². The van der Waals surface area contributed by atoms with Gasteiger partial charge >= 0.3 is 0 Å². The third-order valence-electron chi connectivity index (χ3n) is 9.99. The fourth-order valence-electron chi connectivity index (χ4n) is 8.02. The van der Waals surface area contributed by atoms with E-state index in [1.54, 1.807) is 0 Å². The van der Waals surface area contributed by atoms with Crippen molar-refractivity contribution < 1.29 is 0 Å². The summed E-state index contributed by atoms with van der Waals surface area (Å²) in [5.74, 6) is 0. The number of fused-ring (bicyclic) bond motifs is 6. The maximum Gasteiger partial charge on any atom is 0.0468 e. The van der Waals surface area contributed by atoms with Crippen molar-refractivity contribution in [1.82, 2.24) is 0 Å². The second-order valence-corrected chi connectivity index (χ2v) is 12.4. The normalized spacial score (nSPS) is 14.1. The lowest BCUT2D eigenvalue weighted by atomic mass is 9.79. The van der Waals surface area contributed by atoms with Gasteiger partial charge in [0.05, 0.1) is 0 Å². The van der Waals surface area contributed by atoms with Gasteiger partial charge in [0.25, 0.3) is 0 Å². The van der Waals surface area contributed by atoms with Crippen molar-refractivity contribution in [2.24, 2.45) is 0 Å². The Kier molecular flexibility index (Phi) is 5.18. The van der Waals surface area contributed by atoms with Crippen molar-refractivity contribution in [2.45, 2.75) is 12.8 Å². The number of hydrogen-bond donors (Lipinski definition) is 0. The molecule has 1 nitrogen and oxygen atoms in total. The van der Waals surface area contributed by atoms with E-state index in [0.717, 1.165) is 29.9 Å². The Morgan fingerprint density at radius 3 is 1.71 bits per heavy atom. The topological polar surface area (TPSA) is 3.24 Å². The molecule has 7 aromatic rings. The van der Waals surface area contributed by atoms with Gasteiger partial charge in [-0.25, -0.2) is 0 Å². The summed E-state index contributed by atoms with van der Waals surface area (Å²) in [6.07, 6.45) is 4.63. The van der Waals surface area contributed by atoms with Crippen molar-refractivity contribution in [1.29, 1.82) is 0 Å². The molecule has 0 amide bonds. The van der Waals surface area contributed by atoms with E-state index >= 15 is 0 Å². The average Bonchev–Trinajstić information content (AvgIpc) is 3.21. The zero-order valence-electron chi connectivity index (χ0n) is 24.8. The highest BCUT2D eigenvalue weighted by Gasteiger charge is 2.34. The summed E-state index contributed by atoms with van der Waals surface area (Å²) < 4.78 is 0. The summed E-state index contributed by atoms with van der Waals surface area (Å²) in [6, 6.07) is 54.1. The van der Waals surface area contributed by atoms with Crippen LogP contribution in [0.25, 0.3) is 60.5 Å². The second kappa shape index (κ2) is 9.42. The molecule has 0 spiro atoms. The Balaban J connectivity index is 1.26. The van der Waals surface area contributed by atoms with Gasteiger partial charge in [0.1, 0.15) is 0 Å². The Morgan fingerprint density at radius 1 is 0.400 bits per heavy atom. The van der Waals surface area contributed by atoms with Gasteiger partial charge in [-0.2, -0.15) is 0 Å². The van der Waals surface area contributed by atoms with Crippen molar-refractivity contribution in [3.8, 4) is 22.3 Å². The van der Waals surface area contributed by atoms with E-state index < -0.39 is 0 Å². The van der Waals surface area contributed by atoms with Crippen LogP contribution in [0.2, 0.25) is 0 Å². The largest absolute Gasteiger partial charge is 0.310 e. The lowest BCUT2D eigenvalue weighted by Crippen LogP contribution is -2.11. The molecule has 0 heterocycles. The summed E-state index contributed by atoms with van der Waals surface area (Å²) in [4.78, 5) is 2.43. The van der Waals surface area contributed by atoms with Gasteiger partial charge < -0.3 is 4.90 Å². The Hall–Kier alpha value is -5.66. The van der Waals surface area contributed by atoms with Crippen LogP contribution >= 0.6 is 0 Å². The smallest absolute Gasteiger partial charge is 0.0468 e. The zero-order chi connectivity index (χ0) is 29.5. The molecule has 6 bridgehead atoms. The molecule has 0 saturated heterocycles. The molecule has 45 heavy (non-hydrogen) atoms. The van der Waals surface area contributed by atoms with E-state index in [1.165, 1.54) is 77.2 Å². The number of allylic oxidation sites excluding steroid dienone is 4. The first-order valence-corrected chi connectivity index (χ1v) is 15.9. The Labute approximate surface area is 263 Å². The van der Waals surface area contributed by atoms with E-state index in [4.69, 9.17) is 0 Å². The van der Waals surface area contributed by atoms with Crippen LogP contribution in [0.5, 0.6) is 0 Å². The Bertz CT molecular complexity index is 2360. The van der Waals surface area contributed by atoms with E-state index in [1.807, 2.05) is 0 Å². The van der Waals surface area contributed by atoms with Crippen LogP contribution in [0, 0.1) is 0 Å². The Morgan fingerprint density at radius 2 is 0.978 bits per heavy atom. The van der Waals surface area contributed by atoms with Gasteiger partial charge in [-0.05, 0) is 126 Å². The van der Waals surface area contributed by atoms with Crippen molar-refractivity contribution in [3.05, 3.63) is 168 Å². The van der Waals surface area contributed by atoms with Crippen molar-refractivity contribution >= 4 is 55.3 Å². The van der Waals surface area contributed by atoms with Crippen LogP contribution in [0.4, 0.5) is 17.1 Å². The van der Waals surface area contributed by atoms with Crippen LogP contribution in [0.3, 0.4) is 0 Å². The minimum absolute atomic E-state index is 1.07. The van der Waals surface area contributed by atoms with Crippen LogP contribution < -0.4 is 4.90 Å². The molecule has 7 aromatic carbocycles. The first-order chi connectivity index (χ1) is 22.3. The maximum absolute atomic E-state index is 2.48. The summed E-state index contributed by atoms with van der Waals surface area (Å²) in [5, 5.41) is 4.98. The first kappa shape index (κ1) is 24.7. The number of benzene rings is 7. The molecule has 0 saturated carbocycles. The third kappa shape index (κ3) is 3.62. The highest BCUT2D eigenvalue weighted by molar-refractivity contribution is 6.25. The highest BCUT2D eigenvalue weighted by Crippen LogP contribution is 2.57. The number of hydrogen-bond acceptors (Lipinski definition) is 1. The standard InChI is InChI=1S/C44H29N/c1-3-11-30-25-32(21-19-28(30)9-1)45(33-22-20-29-10-2-4-12-31(29)26-33)34-23-24-36-39-16-8-17-40-41-18-7-15-38(44(41)42(36)27-34)35-13-5-6-14-37(35)43(39)40/h1-7,9-16,18-27H,8,17H2. The summed E-state index contributed by atoms with van der Waals surface area (Å²) >= 11 is 0. The second-order valence-electron chi connectivity index (χ2n) is 12.4. The predicted octanol–water partition coefficient (Wildman–Crippen LogP) is 12.2. The van der Waals surface area contributed by atoms with Crippen LogP contribution in [-0.2, 0) is 0 Å². The minimum atomic E-state index is 1.07. The molecule has 0 N–H and O–H groups in total. The summed E-state index contributed by atoms with van der Waals surface area (Å²) in [6.45, 7) is 0. The van der Waals surface area contributed by atoms with Gasteiger partial charge in [-0.15, -0.1) is 0 Å². The number of rotatable bonds is 3. The van der Waals surface area contributed by atoms with Gasteiger partial charge in [0.2, 0.25) is 0 Å². The van der Waals surface area contributed by atoms with E-state index in [-0.39, 0.29) is 0 Å². The molecule has 1 heteroatoms. The molecule has 0 aromatic heterocycles. The molecular formula is C44H29N. The molecule has 3 aliphatic rings. The SMILES string of the molecule is C1=C2C3=C(CC1)c1cccc(c1-c1cc(N(c4ccc5ccccc5c4)c4ccc5ccccc5c4)ccc12)-c1ccccc13. The molecule has 0 radical (unpaired) electrons. The van der Waals surface area contributed by atoms with Crippen molar-refractivity contribution in [2.75, 3.05) is 4.90 Å². The molecule has 0 unspecified atom stereocenters. The molecule has 210 valence electrons. The maximum atomic E-state index is 2.48. The van der Waals surface area contributed by atoms with Gasteiger partial charge in [-0.3, -0.25) is 0 Å². The van der Waals surface area contributed by atoms with Crippen LogP contribution in [-0.4, -0.2) is 0 Å². The van der Waals surface area contributed by atoms with Gasteiger partial charge in [0.15, 0.2) is 0 Å². The molecule has 0 atom stereocenters. The lowest BCUT2D eigenvalue weighted by Gasteiger charge is -2.29. The molecule has 0 fully saturated rings. The first-order valence-electron chi connectivity index (χ1n) is 15.9. The van der Waals surface area contributed by atoms with E-state index in [0.29, 0.717) is 0 Å². The molecule has 10 rings (SSSR count). The minimum Gasteiger partial charge on any atom is -0.310 e. The van der Waals surface area contributed by atoms with Gasteiger partial charge in [0, 0.05) is 17.1 Å². The van der Waals surface area contributed by atoms with E-state index in [2.05, 4.69) is 157 Å². The van der Waals surface area contributed by atoms with E-state index in [9.17, 15) is 0 Å². The molecular weight excluding hydrogens is 542 g/mol. The van der Waals surface area contributed by atoms with Crippen molar-refractivity contribution in [3.63, 3.8) is 0 Å². The third-order valence-corrected chi connectivity index (χ3v) is 9.99. The molecule has 3 aliphatic carbocycles. The summed E-state index contributed by atoms with van der Waals surface area (Å²) in [7, 11) is 0. The number of nitrogens with zero attached hydrogens (tertiary/aromatic N) is 1. The van der Waals surface area contributed by atoms with Gasteiger partial charge in [-0.1, -0.05) is 115 Å². The lowest BCUT2D eigenvalue weighted by molar-refractivity contribution is 1.06. The summed E-state index contributed by atoms with van der Waals surface area (Å²) in [5.41, 5.74) is 17.2. The quantitative estimate of drug-likeness (QED) is 0.204. The monoisotopic (exact) mass is 571 g/mol. The fraction of sp³-hybridized carbons (Fsp3) is 0.0455. The predicted molar refractivity (Wildman–Crippen MR) is 191 cm³/mol. The molecule has 0 aliphatic heterocycles. The zero-order valence-corrected chi connectivity index (χ0v) is 24.8. The van der Waals surface area contributed by atoms with Crippen LogP contribution in [0.1, 0.15) is 29.5 Å².